The molecule has 7 nitrogen and oxygen atoms in total. The molecule has 4 rings (SSSR count). The predicted molar refractivity (Wildman–Crippen MR) is 116 cm³/mol. The molecule has 2 aliphatic heterocycles. The Bertz CT molecular complexity index is 910. The highest BCUT2D eigenvalue weighted by atomic mass is 16.5. The fourth-order valence-corrected chi connectivity index (χ4v) is 4.52. The lowest BCUT2D eigenvalue weighted by Gasteiger charge is -2.32. The van der Waals surface area contributed by atoms with Gasteiger partial charge in [0.15, 0.2) is 11.5 Å². The molecule has 2 fully saturated rings. The number of carbonyl (C=O) groups excluding carboxylic acids is 2. The van der Waals surface area contributed by atoms with Crippen molar-refractivity contribution in [3.05, 3.63) is 46.8 Å². The average Bonchev–Trinajstić information content (AvgIpc) is 3.41. The van der Waals surface area contributed by atoms with Crippen molar-refractivity contribution < 1.29 is 18.8 Å². The van der Waals surface area contributed by atoms with Crippen LogP contribution in [0.15, 0.2) is 28.8 Å². The van der Waals surface area contributed by atoms with E-state index < -0.39 is 0 Å². The molecule has 1 aromatic heterocycles. The smallest absolute Gasteiger partial charge is 0.276 e. The Morgan fingerprint density at radius 3 is 2.61 bits per heavy atom. The lowest BCUT2D eigenvalue weighted by Crippen LogP contribution is -2.39. The van der Waals surface area contributed by atoms with Gasteiger partial charge in [-0.1, -0.05) is 23.4 Å². The molecule has 0 bridgehead atoms. The van der Waals surface area contributed by atoms with Crippen LogP contribution in [0.3, 0.4) is 0 Å². The van der Waals surface area contributed by atoms with Crippen molar-refractivity contribution in [1.29, 1.82) is 0 Å². The van der Waals surface area contributed by atoms with E-state index in [4.69, 9.17) is 9.26 Å². The Labute approximate surface area is 183 Å². The van der Waals surface area contributed by atoms with Gasteiger partial charge in [0.2, 0.25) is 5.91 Å². The van der Waals surface area contributed by atoms with Crippen LogP contribution >= 0.6 is 0 Å². The Balaban J connectivity index is 1.25. The number of rotatable bonds is 7. The Morgan fingerprint density at radius 2 is 1.94 bits per heavy atom. The number of benzene rings is 1. The first kappa shape index (κ1) is 21.4. The van der Waals surface area contributed by atoms with Gasteiger partial charge in [-0.25, -0.2) is 0 Å². The topological polar surface area (TPSA) is 75.9 Å². The van der Waals surface area contributed by atoms with Gasteiger partial charge in [0.1, 0.15) is 12.4 Å². The van der Waals surface area contributed by atoms with Crippen molar-refractivity contribution in [3.8, 4) is 5.75 Å². The number of para-hydroxylation sites is 1. The van der Waals surface area contributed by atoms with Gasteiger partial charge in [-0.3, -0.25) is 9.59 Å². The van der Waals surface area contributed by atoms with Crippen LogP contribution < -0.4 is 4.74 Å². The minimum absolute atomic E-state index is 0.0877. The van der Waals surface area contributed by atoms with Crippen LogP contribution in [0.5, 0.6) is 5.75 Å². The summed E-state index contributed by atoms with van der Waals surface area (Å²) in [5.74, 6) is 2.14. The van der Waals surface area contributed by atoms with Crippen molar-refractivity contribution >= 4 is 11.8 Å². The summed E-state index contributed by atoms with van der Waals surface area (Å²) in [5.41, 5.74) is 2.46. The van der Waals surface area contributed by atoms with Gasteiger partial charge in [-0.05, 0) is 56.6 Å². The summed E-state index contributed by atoms with van der Waals surface area (Å²) in [4.78, 5) is 28.4. The maximum Gasteiger partial charge on any atom is 0.276 e. The van der Waals surface area contributed by atoms with Gasteiger partial charge in [0.05, 0.1) is 0 Å². The fraction of sp³-hybridized carbons (Fsp3) is 0.542. The molecule has 2 aliphatic rings. The van der Waals surface area contributed by atoms with Crippen LogP contribution in [0.25, 0.3) is 0 Å². The van der Waals surface area contributed by atoms with Crippen molar-refractivity contribution in [2.24, 2.45) is 5.92 Å². The van der Waals surface area contributed by atoms with Crippen molar-refractivity contribution in [2.75, 3.05) is 26.2 Å². The monoisotopic (exact) mass is 425 g/mol. The molecule has 0 spiro atoms. The molecule has 2 saturated heterocycles. The molecule has 0 aliphatic carbocycles. The molecule has 7 heteroatoms. The Hall–Kier alpha value is -2.83. The van der Waals surface area contributed by atoms with Crippen LogP contribution in [-0.2, 0) is 11.4 Å². The minimum Gasteiger partial charge on any atom is -0.485 e. The minimum atomic E-state index is -0.0877. The van der Waals surface area contributed by atoms with Crippen molar-refractivity contribution in [2.45, 2.75) is 52.6 Å². The number of amides is 2. The normalized spacial score (nSPS) is 17.4. The van der Waals surface area contributed by atoms with E-state index in [0.717, 1.165) is 68.7 Å². The number of nitrogens with zero attached hydrogens (tertiary/aromatic N) is 3. The van der Waals surface area contributed by atoms with Gasteiger partial charge >= 0.3 is 0 Å². The summed E-state index contributed by atoms with van der Waals surface area (Å²) >= 11 is 0. The summed E-state index contributed by atoms with van der Waals surface area (Å²) in [6.07, 6.45) is 4.64. The number of hydrogen-bond donors (Lipinski definition) is 0. The van der Waals surface area contributed by atoms with E-state index >= 15 is 0 Å². The summed E-state index contributed by atoms with van der Waals surface area (Å²) in [6, 6.07) is 7.69. The molecule has 3 heterocycles. The first-order valence-corrected chi connectivity index (χ1v) is 11.2. The van der Waals surface area contributed by atoms with Crippen LogP contribution in [0.4, 0.5) is 0 Å². The molecular weight excluding hydrogens is 394 g/mol. The largest absolute Gasteiger partial charge is 0.485 e. The number of ether oxygens (including phenoxy) is 1. The third kappa shape index (κ3) is 5.09. The zero-order chi connectivity index (χ0) is 21.8. The Kier molecular flexibility index (Phi) is 6.59. The van der Waals surface area contributed by atoms with E-state index in [1.165, 1.54) is 0 Å². The molecule has 2 amide bonds. The molecule has 0 unspecified atom stereocenters. The maximum absolute atomic E-state index is 12.8. The predicted octanol–water partition coefficient (Wildman–Crippen LogP) is 3.74. The first-order chi connectivity index (χ1) is 15.0. The molecule has 0 atom stereocenters. The van der Waals surface area contributed by atoms with E-state index in [0.29, 0.717) is 23.8 Å². The summed E-state index contributed by atoms with van der Waals surface area (Å²) in [7, 11) is 0. The Morgan fingerprint density at radius 1 is 1.19 bits per heavy atom. The van der Waals surface area contributed by atoms with Crippen LogP contribution in [0.2, 0.25) is 0 Å². The quantitative estimate of drug-likeness (QED) is 0.676. The standard InChI is InChI=1S/C24H31N3O4/c1-17-5-3-6-18(2)23(17)30-16-20-15-21(25-31-20)24(29)27-13-9-19(10-14-27)8-12-26-11-4-7-22(26)28/h3,5-6,15,19H,4,7-14,16H2,1-2H3. The van der Waals surface area contributed by atoms with Crippen LogP contribution in [0, 0.1) is 19.8 Å². The molecule has 0 radical (unpaired) electrons. The molecule has 1 aromatic carbocycles. The van der Waals surface area contributed by atoms with Gasteiger partial charge in [-0.2, -0.15) is 0 Å². The molecule has 0 N–H and O–H groups in total. The first-order valence-electron chi connectivity index (χ1n) is 11.2. The number of aryl methyl sites for hydroxylation is 2. The summed E-state index contributed by atoms with van der Waals surface area (Å²) in [5, 5.41) is 3.97. The second-order valence-corrected chi connectivity index (χ2v) is 8.70. The van der Waals surface area contributed by atoms with Crippen LogP contribution in [-0.4, -0.2) is 52.9 Å². The van der Waals surface area contributed by atoms with Crippen LogP contribution in [0.1, 0.15) is 59.5 Å². The SMILES string of the molecule is Cc1cccc(C)c1OCc1cc(C(=O)N2CCC(CCN3CCCC3=O)CC2)no1. The van der Waals surface area contributed by atoms with E-state index in [2.05, 4.69) is 5.16 Å². The molecular formula is C24H31N3O4. The molecule has 31 heavy (non-hydrogen) atoms. The van der Waals surface area contributed by atoms with E-state index in [1.807, 2.05) is 41.8 Å². The highest BCUT2D eigenvalue weighted by Crippen LogP contribution is 2.25. The number of aromatic nitrogens is 1. The van der Waals surface area contributed by atoms with Gasteiger partial charge in [0, 0.05) is 38.7 Å². The number of hydrogen-bond acceptors (Lipinski definition) is 5. The van der Waals surface area contributed by atoms with Crippen molar-refractivity contribution in [3.63, 3.8) is 0 Å². The highest BCUT2D eigenvalue weighted by Gasteiger charge is 2.27. The van der Waals surface area contributed by atoms with Gasteiger partial charge in [-0.15, -0.1) is 0 Å². The van der Waals surface area contributed by atoms with Gasteiger partial charge in [0.25, 0.3) is 5.91 Å². The second-order valence-electron chi connectivity index (χ2n) is 8.70. The lowest BCUT2D eigenvalue weighted by molar-refractivity contribution is -0.127. The highest BCUT2D eigenvalue weighted by molar-refractivity contribution is 5.92. The summed E-state index contributed by atoms with van der Waals surface area (Å²) in [6.45, 7) is 7.44. The molecule has 166 valence electrons. The third-order valence-electron chi connectivity index (χ3n) is 6.43. The number of piperidine rings is 1. The van der Waals surface area contributed by atoms with E-state index in [-0.39, 0.29) is 18.4 Å². The second kappa shape index (κ2) is 9.54. The lowest BCUT2D eigenvalue weighted by atomic mass is 9.93. The van der Waals surface area contributed by atoms with E-state index in [1.54, 1.807) is 6.07 Å². The maximum atomic E-state index is 12.8. The summed E-state index contributed by atoms with van der Waals surface area (Å²) < 4.78 is 11.2. The van der Waals surface area contributed by atoms with Crippen molar-refractivity contribution in [1.82, 2.24) is 15.0 Å². The zero-order valence-corrected chi connectivity index (χ0v) is 18.4. The molecule has 0 saturated carbocycles. The fourth-order valence-electron chi connectivity index (χ4n) is 4.52. The van der Waals surface area contributed by atoms with Gasteiger partial charge < -0.3 is 19.1 Å². The average molecular weight is 426 g/mol. The van der Waals surface area contributed by atoms with E-state index in [9.17, 15) is 9.59 Å². The zero-order valence-electron chi connectivity index (χ0n) is 18.4. The number of likely N-dealkylation sites (tertiary alicyclic amines) is 2. The number of carbonyl (C=O) groups is 2. The molecule has 2 aromatic rings. The third-order valence-corrected chi connectivity index (χ3v) is 6.43.